The molecule has 1 saturated heterocycles. The van der Waals surface area contributed by atoms with E-state index in [4.69, 9.17) is 0 Å². The van der Waals surface area contributed by atoms with E-state index in [2.05, 4.69) is 49.7 Å². The lowest BCUT2D eigenvalue weighted by molar-refractivity contribution is 0.0948. The molecule has 1 N–H and O–H groups in total. The molecule has 3 heteroatoms. The molecule has 1 unspecified atom stereocenters. The highest BCUT2D eigenvalue weighted by Crippen LogP contribution is 2.49. The minimum absolute atomic E-state index is 0.670. The van der Waals surface area contributed by atoms with Crippen molar-refractivity contribution in [3.05, 3.63) is 0 Å². The molecular formula is C21H43N3. The molecular weight excluding hydrogens is 294 g/mol. The van der Waals surface area contributed by atoms with Crippen LogP contribution in [0.1, 0.15) is 66.7 Å². The molecule has 2 fully saturated rings. The van der Waals surface area contributed by atoms with Gasteiger partial charge in [-0.3, -0.25) is 4.90 Å². The van der Waals surface area contributed by atoms with Crippen LogP contribution in [-0.2, 0) is 0 Å². The topological polar surface area (TPSA) is 18.5 Å². The second-order valence-electron chi connectivity index (χ2n) is 9.27. The molecule has 3 nitrogen and oxygen atoms in total. The number of nitrogens with zero attached hydrogens (tertiary/aromatic N) is 2. The van der Waals surface area contributed by atoms with Crippen molar-refractivity contribution in [1.82, 2.24) is 15.1 Å². The normalized spacial score (nSPS) is 23.1. The van der Waals surface area contributed by atoms with Crippen LogP contribution in [-0.4, -0.2) is 61.7 Å². The van der Waals surface area contributed by atoms with Crippen molar-refractivity contribution in [2.45, 2.75) is 72.8 Å². The predicted octanol–water partition coefficient (Wildman–Crippen LogP) is 3.84. The van der Waals surface area contributed by atoms with Crippen molar-refractivity contribution in [3.8, 4) is 0 Å². The average Bonchev–Trinajstić information content (AvgIpc) is 3.29. The van der Waals surface area contributed by atoms with Crippen LogP contribution >= 0.6 is 0 Å². The molecule has 1 aliphatic heterocycles. The van der Waals surface area contributed by atoms with Crippen molar-refractivity contribution < 1.29 is 0 Å². The average molecular weight is 338 g/mol. The summed E-state index contributed by atoms with van der Waals surface area (Å²) in [6.45, 7) is 20.6. The number of rotatable bonds is 11. The van der Waals surface area contributed by atoms with Gasteiger partial charge in [0.15, 0.2) is 0 Å². The van der Waals surface area contributed by atoms with Crippen LogP contribution in [0.15, 0.2) is 0 Å². The van der Waals surface area contributed by atoms with Gasteiger partial charge in [-0.2, -0.15) is 0 Å². The Labute approximate surface area is 151 Å². The lowest BCUT2D eigenvalue weighted by atomic mass is 9.94. The van der Waals surface area contributed by atoms with Crippen LogP contribution in [0.25, 0.3) is 0 Å². The van der Waals surface area contributed by atoms with Gasteiger partial charge in [0.25, 0.3) is 0 Å². The SMILES string of the molecule is CCC(CCNCC1(CC(C)C)CC1)CN1CCN(C(C)C)CC1. The van der Waals surface area contributed by atoms with E-state index in [1.165, 1.54) is 77.9 Å². The fourth-order valence-corrected chi connectivity index (χ4v) is 4.41. The largest absolute Gasteiger partial charge is 0.316 e. The fraction of sp³-hybridized carbons (Fsp3) is 1.00. The van der Waals surface area contributed by atoms with Gasteiger partial charge in [-0.25, -0.2) is 0 Å². The third-order valence-corrected chi connectivity index (χ3v) is 6.26. The zero-order valence-electron chi connectivity index (χ0n) is 17.1. The molecule has 2 aliphatic rings. The summed E-state index contributed by atoms with van der Waals surface area (Å²) in [5.41, 5.74) is 0.670. The summed E-state index contributed by atoms with van der Waals surface area (Å²) in [6, 6.07) is 0.707. The molecule has 0 aromatic rings. The standard InChI is InChI=1S/C21H43N3/c1-6-20(16-23-11-13-24(14-12-23)19(4)5)7-10-22-17-21(8-9-21)15-18(2)3/h18-20,22H,6-17H2,1-5H3. The van der Waals surface area contributed by atoms with Crippen LogP contribution in [0, 0.1) is 17.3 Å². The fourth-order valence-electron chi connectivity index (χ4n) is 4.41. The zero-order chi connectivity index (χ0) is 17.6. The predicted molar refractivity (Wildman–Crippen MR) is 106 cm³/mol. The zero-order valence-corrected chi connectivity index (χ0v) is 17.1. The van der Waals surface area contributed by atoms with E-state index in [0.29, 0.717) is 11.5 Å². The Morgan fingerprint density at radius 1 is 1.00 bits per heavy atom. The summed E-state index contributed by atoms with van der Waals surface area (Å²) in [4.78, 5) is 5.32. The third-order valence-electron chi connectivity index (χ3n) is 6.26. The van der Waals surface area contributed by atoms with E-state index >= 15 is 0 Å². The second kappa shape index (κ2) is 9.54. The van der Waals surface area contributed by atoms with Gasteiger partial charge >= 0.3 is 0 Å². The van der Waals surface area contributed by atoms with E-state index in [0.717, 1.165) is 11.8 Å². The van der Waals surface area contributed by atoms with Gasteiger partial charge in [0.1, 0.15) is 0 Å². The molecule has 0 radical (unpaired) electrons. The summed E-state index contributed by atoms with van der Waals surface area (Å²) in [6.07, 6.45) is 6.99. The van der Waals surface area contributed by atoms with Crippen molar-refractivity contribution >= 4 is 0 Å². The van der Waals surface area contributed by atoms with Gasteiger partial charge in [0.05, 0.1) is 0 Å². The lowest BCUT2D eigenvalue weighted by Crippen LogP contribution is -2.50. The number of nitrogens with one attached hydrogen (secondary N) is 1. The molecule has 1 heterocycles. The highest BCUT2D eigenvalue weighted by atomic mass is 15.3. The first-order chi connectivity index (χ1) is 11.4. The van der Waals surface area contributed by atoms with E-state index in [1.54, 1.807) is 0 Å². The Bertz CT molecular complexity index is 341. The molecule has 0 aromatic heterocycles. The summed E-state index contributed by atoms with van der Waals surface area (Å²) in [5.74, 6) is 1.71. The van der Waals surface area contributed by atoms with Crippen molar-refractivity contribution in [2.24, 2.45) is 17.3 Å². The molecule has 0 spiro atoms. The molecule has 0 bridgehead atoms. The van der Waals surface area contributed by atoms with Gasteiger partial charge in [0, 0.05) is 45.3 Å². The number of piperazine rings is 1. The maximum atomic E-state index is 3.79. The van der Waals surface area contributed by atoms with Crippen molar-refractivity contribution in [2.75, 3.05) is 45.8 Å². The molecule has 2 rings (SSSR count). The first-order valence-corrected chi connectivity index (χ1v) is 10.6. The summed E-state index contributed by atoms with van der Waals surface area (Å²) >= 11 is 0. The Kier molecular flexibility index (Phi) is 8.03. The number of hydrogen-bond acceptors (Lipinski definition) is 3. The Morgan fingerprint density at radius 2 is 1.67 bits per heavy atom. The van der Waals surface area contributed by atoms with Crippen LogP contribution in [0.3, 0.4) is 0 Å². The Balaban J connectivity index is 1.59. The monoisotopic (exact) mass is 337 g/mol. The van der Waals surface area contributed by atoms with E-state index in [9.17, 15) is 0 Å². The third kappa shape index (κ3) is 6.65. The van der Waals surface area contributed by atoms with E-state index in [1.807, 2.05) is 0 Å². The highest BCUT2D eigenvalue weighted by Gasteiger charge is 2.42. The van der Waals surface area contributed by atoms with E-state index < -0.39 is 0 Å². The molecule has 0 aromatic carbocycles. The van der Waals surface area contributed by atoms with Gasteiger partial charge in [-0.05, 0) is 63.3 Å². The lowest BCUT2D eigenvalue weighted by Gasteiger charge is -2.38. The molecule has 142 valence electrons. The summed E-state index contributed by atoms with van der Waals surface area (Å²) in [5, 5.41) is 3.79. The number of hydrogen-bond donors (Lipinski definition) is 1. The Hall–Kier alpha value is -0.120. The molecule has 1 aliphatic carbocycles. The molecule has 1 saturated carbocycles. The molecule has 24 heavy (non-hydrogen) atoms. The highest BCUT2D eigenvalue weighted by molar-refractivity contribution is 4.95. The summed E-state index contributed by atoms with van der Waals surface area (Å²) < 4.78 is 0. The van der Waals surface area contributed by atoms with Gasteiger partial charge in [-0.1, -0.05) is 27.2 Å². The second-order valence-corrected chi connectivity index (χ2v) is 9.27. The first kappa shape index (κ1) is 20.2. The molecule has 0 amide bonds. The quantitative estimate of drug-likeness (QED) is 0.578. The van der Waals surface area contributed by atoms with Crippen molar-refractivity contribution in [3.63, 3.8) is 0 Å². The van der Waals surface area contributed by atoms with Gasteiger partial charge < -0.3 is 10.2 Å². The first-order valence-electron chi connectivity index (χ1n) is 10.6. The van der Waals surface area contributed by atoms with E-state index in [-0.39, 0.29) is 0 Å². The maximum Gasteiger partial charge on any atom is 0.0113 e. The maximum absolute atomic E-state index is 3.79. The van der Waals surface area contributed by atoms with Crippen molar-refractivity contribution in [1.29, 1.82) is 0 Å². The molecule has 1 atom stereocenters. The van der Waals surface area contributed by atoms with Crippen LogP contribution in [0.4, 0.5) is 0 Å². The van der Waals surface area contributed by atoms with Gasteiger partial charge in [0.2, 0.25) is 0 Å². The Morgan fingerprint density at radius 3 is 2.17 bits per heavy atom. The minimum atomic E-state index is 0.670. The van der Waals surface area contributed by atoms with Crippen LogP contribution in [0.2, 0.25) is 0 Å². The minimum Gasteiger partial charge on any atom is -0.316 e. The summed E-state index contributed by atoms with van der Waals surface area (Å²) in [7, 11) is 0. The van der Waals surface area contributed by atoms with Crippen LogP contribution < -0.4 is 5.32 Å². The van der Waals surface area contributed by atoms with Crippen LogP contribution in [0.5, 0.6) is 0 Å². The van der Waals surface area contributed by atoms with Gasteiger partial charge in [-0.15, -0.1) is 0 Å². The smallest absolute Gasteiger partial charge is 0.0113 e.